The summed E-state index contributed by atoms with van der Waals surface area (Å²) in [5.74, 6) is -1.60. The Morgan fingerprint density at radius 2 is 2.00 bits per heavy atom. The summed E-state index contributed by atoms with van der Waals surface area (Å²) in [5, 5.41) is 6.48. The molecule has 0 spiro atoms. The maximum Gasteiger partial charge on any atom is 0.326 e. The van der Waals surface area contributed by atoms with Gasteiger partial charge in [0.15, 0.2) is 6.61 Å². The van der Waals surface area contributed by atoms with Crippen LogP contribution in [-0.4, -0.2) is 59.4 Å². The molecule has 1 fully saturated rings. The molecule has 1 aromatic heterocycles. The Labute approximate surface area is 156 Å². The Kier molecular flexibility index (Phi) is 6.36. The molecule has 0 aromatic carbocycles. The number of likely N-dealkylation sites (N-methyl/N-ethyl adjacent to an activating group) is 1. The number of urea groups is 1. The van der Waals surface area contributed by atoms with E-state index in [-0.39, 0.29) is 5.91 Å². The van der Waals surface area contributed by atoms with Gasteiger partial charge < -0.3 is 15.0 Å². The number of carbonyl (C=O) groups is 4. The molecule has 1 saturated heterocycles. The highest BCUT2D eigenvalue weighted by Gasteiger charge is 2.49. The summed E-state index contributed by atoms with van der Waals surface area (Å²) in [6, 6.07) is 1.29. The van der Waals surface area contributed by atoms with Crippen LogP contribution in [0.25, 0.3) is 0 Å². The maximum atomic E-state index is 12.4. The van der Waals surface area contributed by atoms with Crippen molar-refractivity contribution in [3.63, 3.8) is 0 Å². The molecule has 9 heteroatoms. The highest BCUT2D eigenvalue weighted by Crippen LogP contribution is 2.24. The number of hydrogen-bond acceptors (Lipinski definition) is 6. The van der Waals surface area contributed by atoms with E-state index in [1.165, 1.54) is 16.2 Å². The molecular formula is C17H23N3O5S. The fourth-order valence-electron chi connectivity index (χ4n) is 2.72. The first-order chi connectivity index (χ1) is 12.3. The van der Waals surface area contributed by atoms with Crippen molar-refractivity contribution in [2.75, 3.05) is 20.2 Å². The van der Waals surface area contributed by atoms with Crippen molar-refractivity contribution in [1.29, 1.82) is 0 Å². The third kappa shape index (κ3) is 4.21. The van der Waals surface area contributed by atoms with Gasteiger partial charge in [-0.25, -0.2) is 4.79 Å². The molecule has 0 radical (unpaired) electrons. The van der Waals surface area contributed by atoms with Crippen molar-refractivity contribution >= 4 is 35.2 Å². The minimum atomic E-state index is -0.964. The van der Waals surface area contributed by atoms with Crippen LogP contribution < -0.4 is 5.32 Å². The van der Waals surface area contributed by atoms with E-state index in [2.05, 4.69) is 5.32 Å². The van der Waals surface area contributed by atoms with Crippen molar-refractivity contribution in [2.24, 2.45) is 0 Å². The van der Waals surface area contributed by atoms with Gasteiger partial charge in [0.25, 0.3) is 11.8 Å². The average molecular weight is 381 g/mol. The molecule has 0 bridgehead atoms. The fraction of sp³-hybridized carbons (Fsp3) is 0.529. The van der Waals surface area contributed by atoms with Gasteiger partial charge in [0.2, 0.25) is 0 Å². The van der Waals surface area contributed by atoms with Crippen LogP contribution in [0.2, 0.25) is 0 Å². The molecule has 0 aliphatic carbocycles. The molecule has 4 amide bonds. The lowest BCUT2D eigenvalue weighted by Crippen LogP contribution is -2.46. The van der Waals surface area contributed by atoms with Crippen LogP contribution in [0.3, 0.4) is 0 Å². The van der Waals surface area contributed by atoms with E-state index < -0.39 is 36.6 Å². The van der Waals surface area contributed by atoms with Crippen LogP contribution in [0.1, 0.15) is 32.3 Å². The number of carbonyl (C=O) groups excluding carboxylic acids is 4. The third-order valence-electron chi connectivity index (χ3n) is 4.52. The standard InChI is InChI=1S/C17H23N3O5S/c1-4-17(5-2)15(23)20(16(24)18-17)9-14(22)25-10-13(21)19(3)8-12-6-7-26-11-12/h6-7,11H,4-5,8-10H2,1-3H3,(H,18,24). The van der Waals surface area contributed by atoms with Crippen molar-refractivity contribution in [1.82, 2.24) is 15.1 Å². The van der Waals surface area contributed by atoms with Crippen LogP contribution in [0, 0.1) is 0 Å². The molecule has 1 aliphatic heterocycles. The van der Waals surface area contributed by atoms with E-state index in [9.17, 15) is 19.2 Å². The zero-order valence-electron chi connectivity index (χ0n) is 15.1. The molecule has 1 aliphatic rings. The van der Waals surface area contributed by atoms with Crippen molar-refractivity contribution in [2.45, 2.75) is 38.8 Å². The molecule has 0 atom stereocenters. The van der Waals surface area contributed by atoms with Gasteiger partial charge in [0, 0.05) is 13.6 Å². The van der Waals surface area contributed by atoms with Gasteiger partial charge in [0.05, 0.1) is 0 Å². The molecule has 26 heavy (non-hydrogen) atoms. The van der Waals surface area contributed by atoms with E-state index in [1.807, 2.05) is 16.8 Å². The summed E-state index contributed by atoms with van der Waals surface area (Å²) in [4.78, 5) is 50.7. The first-order valence-electron chi connectivity index (χ1n) is 8.37. The molecule has 142 valence electrons. The van der Waals surface area contributed by atoms with Gasteiger partial charge in [-0.05, 0) is 35.2 Å². The highest BCUT2D eigenvalue weighted by molar-refractivity contribution is 7.07. The van der Waals surface area contributed by atoms with E-state index in [4.69, 9.17) is 4.74 Å². The first-order valence-corrected chi connectivity index (χ1v) is 9.32. The second kappa shape index (κ2) is 8.31. The fourth-order valence-corrected chi connectivity index (χ4v) is 3.38. The molecule has 0 saturated carbocycles. The number of nitrogens with zero attached hydrogens (tertiary/aromatic N) is 2. The summed E-state index contributed by atoms with van der Waals surface area (Å²) in [7, 11) is 1.61. The number of nitrogens with one attached hydrogen (secondary N) is 1. The summed E-state index contributed by atoms with van der Waals surface area (Å²) in [6.07, 6.45) is 0.872. The second-order valence-corrected chi connectivity index (χ2v) is 6.93. The molecule has 1 aromatic rings. The van der Waals surface area contributed by atoms with Crippen LogP contribution in [0.5, 0.6) is 0 Å². The van der Waals surface area contributed by atoms with Gasteiger partial charge in [-0.1, -0.05) is 13.8 Å². The molecule has 2 rings (SSSR count). The van der Waals surface area contributed by atoms with E-state index in [0.717, 1.165) is 10.5 Å². The van der Waals surface area contributed by atoms with Crippen LogP contribution in [0.15, 0.2) is 16.8 Å². The Bertz CT molecular complexity index is 685. The maximum absolute atomic E-state index is 12.4. The first kappa shape index (κ1) is 19.9. The lowest BCUT2D eigenvalue weighted by Gasteiger charge is -2.23. The Morgan fingerprint density at radius 3 is 2.54 bits per heavy atom. The number of hydrogen-bond donors (Lipinski definition) is 1. The van der Waals surface area contributed by atoms with Gasteiger partial charge in [-0.3, -0.25) is 19.3 Å². The summed E-state index contributed by atoms with van der Waals surface area (Å²) >= 11 is 1.53. The Hall–Kier alpha value is -2.42. The highest BCUT2D eigenvalue weighted by atomic mass is 32.1. The number of thiophene rings is 1. The van der Waals surface area contributed by atoms with E-state index >= 15 is 0 Å². The van der Waals surface area contributed by atoms with Crippen molar-refractivity contribution < 1.29 is 23.9 Å². The van der Waals surface area contributed by atoms with Crippen LogP contribution in [-0.2, 0) is 25.7 Å². The SMILES string of the molecule is CCC1(CC)NC(=O)N(CC(=O)OCC(=O)N(C)Cc2ccsc2)C1=O. The van der Waals surface area contributed by atoms with Crippen LogP contribution in [0.4, 0.5) is 4.79 Å². The van der Waals surface area contributed by atoms with Gasteiger partial charge in [0.1, 0.15) is 12.1 Å². The molecule has 2 heterocycles. The average Bonchev–Trinajstić information content (AvgIpc) is 3.21. The molecule has 0 unspecified atom stereocenters. The quantitative estimate of drug-likeness (QED) is 0.542. The Balaban J connectivity index is 1.84. The minimum absolute atomic E-state index is 0.363. The number of esters is 1. The third-order valence-corrected chi connectivity index (χ3v) is 5.25. The minimum Gasteiger partial charge on any atom is -0.454 e. The number of rotatable bonds is 8. The topological polar surface area (TPSA) is 96.0 Å². The zero-order valence-corrected chi connectivity index (χ0v) is 15.9. The van der Waals surface area contributed by atoms with E-state index in [0.29, 0.717) is 19.4 Å². The normalized spacial score (nSPS) is 15.7. The summed E-state index contributed by atoms with van der Waals surface area (Å²) < 4.78 is 4.94. The van der Waals surface area contributed by atoms with Crippen molar-refractivity contribution in [3.8, 4) is 0 Å². The van der Waals surface area contributed by atoms with Gasteiger partial charge in [-0.15, -0.1) is 0 Å². The zero-order chi connectivity index (χ0) is 19.3. The van der Waals surface area contributed by atoms with Gasteiger partial charge in [-0.2, -0.15) is 11.3 Å². The predicted octanol–water partition coefficient (Wildman–Crippen LogP) is 1.36. The lowest BCUT2D eigenvalue weighted by molar-refractivity contribution is -0.153. The summed E-state index contributed by atoms with van der Waals surface area (Å²) in [5.41, 5.74) is 0.0282. The predicted molar refractivity (Wildman–Crippen MR) is 95.3 cm³/mol. The second-order valence-electron chi connectivity index (χ2n) is 6.15. The summed E-state index contributed by atoms with van der Waals surface area (Å²) in [6.45, 7) is 3.07. The van der Waals surface area contributed by atoms with Crippen LogP contribution >= 0.6 is 11.3 Å². The largest absolute Gasteiger partial charge is 0.454 e. The van der Waals surface area contributed by atoms with Crippen molar-refractivity contribution in [3.05, 3.63) is 22.4 Å². The molecule has 1 N–H and O–H groups in total. The Morgan fingerprint density at radius 1 is 1.31 bits per heavy atom. The lowest BCUT2D eigenvalue weighted by atomic mass is 9.93. The smallest absolute Gasteiger partial charge is 0.326 e. The molecule has 8 nitrogen and oxygen atoms in total. The number of amides is 4. The number of ether oxygens (including phenoxy) is 1. The molecular weight excluding hydrogens is 358 g/mol. The van der Waals surface area contributed by atoms with E-state index in [1.54, 1.807) is 20.9 Å². The number of imide groups is 1. The monoisotopic (exact) mass is 381 g/mol. The van der Waals surface area contributed by atoms with Gasteiger partial charge >= 0.3 is 12.0 Å².